The first-order chi connectivity index (χ1) is 12.0. The summed E-state index contributed by atoms with van der Waals surface area (Å²) in [5.74, 6) is -1.16. The van der Waals surface area contributed by atoms with Gasteiger partial charge >= 0.3 is 5.97 Å². The number of aromatic nitrogens is 3. The van der Waals surface area contributed by atoms with Crippen molar-refractivity contribution < 1.29 is 14.3 Å². The van der Waals surface area contributed by atoms with Crippen molar-refractivity contribution in [2.45, 2.75) is 6.92 Å². The number of carbonyl (C=O) groups excluding carboxylic acids is 2. The van der Waals surface area contributed by atoms with Crippen molar-refractivity contribution in [3.8, 4) is 0 Å². The van der Waals surface area contributed by atoms with Gasteiger partial charge in [-0.1, -0.05) is 27.5 Å². The van der Waals surface area contributed by atoms with E-state index >= 15 is 0 Å². The van der Waals surface area contributed by atoms with E-state index in [-0.39, 0.29) is 5.56 Å². The smallest absolute Gasteiger partial charge is 0.344 e. The second-order valence-corrected chi connectivity index (χ2v) is 6.42. The van der Waals surface area contributed by atoms with Crippen molar-refractivity contribution in [2.24, 2.45) is 0 Å². The number of anilines is 1. The highest BCUT2D eigenvalue weighted by atomic mass is 79.9. The second-order valence-electron chi connectivity index (χ2n) is 5.10. The molecule has 0 aliphatic carbocycles. The van der Waals surface area contributed by atoms with Crippen molar-refractivity contribution in [1.82, 2.24) is 14.6 Å². The summed E-state index contributed by atoms with van der Waals surface area (Å²) in [4.78, 5) is 28.4. The zero-order valence-electron chi connectivity index (χ0n) is 13.0. The van der Waals surface area contributed by atoms with Crippen LogP contribution in [0, 0.1) is 6.92 Å². The van der Waals surface area contributed by atoms with Gasteiger partial charge in [-0.25, -0.2) is 14.3 Å². The lowest BCUT2D eigenvalue weighted by molar-refractivity contribution is -0.119. The number of nitrogens with zero attached hydrogens (tertiary/aromatic N) is 3. The lowest BCUT2D eigenvalue weighted by Gasteiger charge is -2.08. The topological polar surface area (TPSA) is 85.6 Å². The molecule has 1 N–H and O–H groups in total. The normalized spacial score (nSPS) is 10.7. The van der Waals surface area contributed by atoms with Gasteiger partial charge in [-0.3, -0.25) is 4.79 Å². The number of ether oxygens (including phenoxy) is 1. The molecule has 0 bridgehead atoms. The molecule has 3 aromatic rings. The third-order valence-electron chi connectivity index (χ3n) is 3.31. The maximum Gasteiger partial charge on any atom is 0.344 e. The van der Waals surface area contributed by atoms with E-state index in [2.05, 4.69) is 31.3 Å². The minimum atomic E-state index is -0.664. The number of carbonyl (C=O) groups is 2. The zero-order chi connectivity index (χ0) is 18.0. The monoisotopic (exact) mass is 422 g/mol. The van der Waals surface area contributed by atoms with Gasteiger partial charge in [0.15, 0.2) is 12.3 Å². The van der Waals surface area contributed by atoms with E-state index in [1.54, 1.807) is 43.6 Å². The molecule has 0 fully saturated rings. The predicted octanol–water partition coefficient (Wildman–Crippen LogP) is 3.25. The molecule has 0 unspecified atom stereocenters. The molecule has 0 aliphatic heterocycles. The Morgan fingerprint density at radius 3 is 2.96 bits per heavy atom. The number of halogens is 2. The molecule has 3 rings (SSSR count). The lowest BCUT2D eigenvalue weighted by Crippen LogP contribution is -2.21. The van der Waals surface area contributed by atoms with E-state index in [1.807, 2.05) is 0 Å². The number of hydrogen-bond donors (Lipinski definition) is 1. The van der Waals surface area contributed by atoms with Crippen LogP contribution in [0.15, 0.2) is 41.1 Å². The van der Waals surface area contributed by atoms with Gasteiger partial charge in [0, 0.05) is 16.9 Å². The van der Waals surface area contributed by atoms with Gasteiger partial charge in [0.2, 0.25) is 0 Å². The number of hydrogen-bond acceptors (Lipinski definition) is 5. The highest BCUT2D eigenvalue weighted by Crippen LogP contribution is 2.25. The largest absolute Gasteiger partial charge is 0.452 e. The molecule has 2 aromatic heterocycles. The van der Waals surface area contributed by atoms with Crippen LogP contribution in [0.2, 0.25) is 5.02 Å². The van der Waals surface area contributed by atoms with E-state index in [4.69, 9.17) is 16.3 Å². The van der Waals surface area contributed by atoms with Crippen LogP contribution in [-0.2, 0) is 9.53 Å². The molecule has 0 atom stereocenters. The highest BCUT2D eigenvalue weighted by Gasteiger charge is 2.20. The Bertz CT molecular complexity index is 973. The third-order valence-corrected chi connectivity index (χ3v) is 4.12. The third kappa shape index (κ3) is 3.80. The first-order valence-corrected chi connectivity index (χ1v) is 8.35. The molecule has 7 nitrogen and oxygen atoms in total. The number of esters is 1. The number of aryl methyl sites for hydroxylation is 1. The Morgan fingerprint density at radius 2 is 2.20 bits per heavy atom. The molecule has 0 saturated heterocycles. The molecule has 25 heavy (non-hydrogen) atoms. The summed E-state index contributed by atoms with van der Waals surface area (Å²) in [5, 5.41) is 7.14. The van der Waals surface area contributed by atoms with E-state index in [0.29, 0.717) is 22.1 Å². The van der Waals surface area contributed by atoms with Gasteiger partial charge in [0.25, 0.3) is 5.91 Å². The summed E-state index contributed by atoms with van der Waals surface area (Å²) < 4.78 is 7.35. The van der Waals surface area contributed by atoms with Gasteiger partial charge in [-0.2, -0.15) is 5.10 Å². The number of rotatable bonds is 4. The van der Waals surface area contributed by atoms with Crippen molar-refractivity contribution in [2.75, 3.05) is 11.9 Å². The van der Waals surface area contributed by atoms with Crippen molar-refractivity contribution in [3.63, 3.8) is 0 Å². The van der Waals surface area contributed by atoms with Crippen LogP contribution < -0.4 is 5.32 Å². The molecule has 0 radical (unpaired) electrons. The second kappa shape index (κ2) is 7.20. The molecular formula is C16H12BrClN4O3. The minimum Gasteiger partial charge on any atom is -0.452 e. The molecule has 1 aromatic carbocycles. The van der Waals surface area contributed by atoms with Gasteiger partial charge in [-0.05, 0) is 31.2 Å². The van der Waals surface area contributed by atoms with E-state index in [0.717, 1.165) is 4.47 Å². The Morgan fingerprint density at radius 1 is 1.40 bits per heavy atom. The minimum absolute atomic E-state index is 0.232. The summed E-state index contributed by atoms with van der Waals surface area (Å²) >= 11 is 9.31. The van der Waals surface area contributed by atoms with E-state index in [9.17, 15) is 9.59 Å². The zero-order valence-corrected chi connectivity index (χ0v) is 15.3. The van der Waals surface area contributed by atoms with Gasteiger partial charge in [0.05, 0.1) is 16.4 Å². The van der Waals surface area contributed by atoms with Crippen molar-refractivity contribution in [1.29, 1.82) is 0 Å². The van der Waals surface area contributed by atoms with Crippen LogP contribution in [0.5, 0.6) is 0 Å². The molecule has 128 valence electrons. The van der Waals surface area contributed by atoms with Crippen molar-refractivity contribution >= 4 is 50.7 Å². The van der Waals surface area contributed by atoms with Gasteiger partial charge in [-0.15, -0.1) is 0 Å². The highest BCUT2D eigenvalue weighted by molar-refractivity contribution is 9.10. The number of fused-ring (bicyclic) bond motifs is 1. The Hall–Kier alpha value is -2.45. The maximum atomic E-state index is 12.3. The maximum absolute atomic E-state index is 12.3. The van der Waals surface area contributed by atoms with Crippen molar-refractivity contribution in [3.05, 3.63) is 57.4 Å². The standard InChI is InChI=1S/C16H12BrClN4O3/c1-9-14(15-19-5-2-6-22(15)21-9)16(24)25-8-13(23)20-12-4-3-10(17)7-11(12)18/h2-7H,8H2,1H3,(H,20,23). The summed E-state index contributed by atoms with van der Waals surface area (Å²) in [6.45, 7) is 1.22. The summed E-state index contributed by atoms with van der Waals surface area (Å²) in [7, 11) is 0. The van der Waals surface area contributed by atoms with Gasteiger partial charge in [0.1, 0.15) is 5.56 Å². The summed E-state index contributed by atoms with van der Waals surface area (Å²) in [6, 6.07) is 6.73. The van der Waals surface area contributed by atoms with E-state index in [1.165, 1.54) is 4.52 Å². The molecule has 2 heterocycles. The molecule has 0 saturated carbocycles. The molecule has 0 spiro atoms. The molecule has 0 aliphatic rings. The van der Waals surface area contributed by atoms with Crippen LogP contribution in [0.4, 0.5) is 5.69 Å². The number of nitrogens with one attached hydrogen (secondary N) is 1. The predicted molar refractivity (Wildman–Crippen MR) is 95.8 cm³/mol. The van der Waals surface area contributed by atoms with E-state index < -0.39 is 18.5 Å². The van der Waals surface area contributed by atoms with Gasteiger partial charge < -0.3 is 10.1 Å². The first kappa shape index (κ1) is 17.4. The quantitative estimate of drug-likeness (QED) is 0.651. The summed E-state index contributed by atoms with van der Waals surface area (Å²) in [5.41, 5.74) is 1.51. The SMILES string of the molecule is Cc1nn2cccnc2c1C(=O)OCC(=O)Nc1ccc(Br)cc1Cl. The fourth-order valence-electron chi connectivity index (χ4n) is 2.22. The molecular weight excluding hydrogens is 412 g/mol. The van der Waals surface area contributed by atoms with Crippen LogP contribution in [-0.4, -0.2) is 33.1 Å². The first-order valence-electron chi connectivity index (χ1n) is 7.17. The Balaban J connectivity index is 1.67. The van der Waals surface area contributed by atoms with Crippen LogP contribution in [0.3, 0.4) is 0 Å². The number of amides is 1. The average Bonchev–Trinajstić information content (AvgIpc) is 2.91. The number of benzene rings is 1. The average molecular weight is 424 g/mol. The lowest BCUT2D eigenvalue weighted by atomic mass is 10.2. The fraction of sp³-hybridized carbons (Fsp3) is 0.125. The fourth-order valence-corrected chi connectivity index (χ4v) is 2.94. The van der Waals surface area contributed by atoms with Crippen LogP contribution in [0.1, 0.15) is 16.1 Å². The Labute approximate surface area is 156 Å². The summed E-state index contributed by atoms with van der Waals surface area (Å²) in [6.07, 6.45) is 3.23. The molecule has 1 amide bonds. The van der Waals surface area contributed by atoms with Crippen LogP contribution in [0.25, 0.3) is 5.65 Å². The molecule has 9 heteroatoms. The van der Waals surface area contributed by atoms with Crippen LogP contribution >= 0.6 is 27.5 Å². The Kier molecular flexibility index (Phi) is 5.00.